The molecule has 0 saturated carbocycles. The van der Waals surface area contributed by atoms with Gasteiger partial charge >= 0.3 is 5.97 Å². The Labute approximate surface area is 151 Å². The number of esters is 1. The Morgan fingerprint density at radius 1 is 1.46 bits per heavy atom. The molecule has 7 nitrogen and oxygen atoms in total. The summed E-state index contributed by atoms with van der Waals surface area (Å²) in [6.45, 7) is 3.61. The molecule has 0 unspecified atom stereocenters. The number of aromatic hydroxyl groups is 1. The number of phenols is 1. The number of amidine groups is 1. The van der Waals surface area contributed by atoms with Gasteiger partial charge in [0.2, 0.25) is 0 Å². The number of ether oxygens (including phenoxy) is 1. The summed E-state index contributed by atoms with van der Waals surface area (Å²) < 4.78 is 5.32. The molecule has 0 atom stereocenters. The predicted molar refractivity (Wildman–Crippen MR) is 96.1 cm³/mol. The highest BCUT2D eigenvalue weighted by molar-refractivity contribution is 9.10. The van der Waals surface area contributed by atoms with E-state index < -0.39 is 11.9 Å². The van der Waals surface area contributed by atoms with E-state index in [2.05, 4.69) is 36.2 Å². The number of thioether (sulfide) groups is 1. The van der Waals surface area contributed by atoms with Gasteiger partial charge in [-0.25, -0.2) is 4.79 Å². The maximum Gasteiger partial charge on any atom is 0.331 e. The molecule has 0 radical (unpaired) electrons. The van der Waals surface area contributed by atoms with Gasteiger partial charge in [0.1, 0.15) is 5.75 Å². The van der Waals surface area contributed by atoms with Crippen molar-refractivity contribution in [2.75, 3.05) is 7.11 Å². The minimum absolute atomic E-state index is 0.119. The first-order valence-corrected chi connectivity index (χ1v) is 8.33. The van der Waals surface area contributed by atoms with Crippen molar-refractivity contribution < 1.29 is 19.4 Å². The van der Waals surface area contributed by atoms with Gasteiger partial charge < -0.3 is 9.84 Å². The summed E-state index contributed by atoms with van der Waals surface area (Å²) in [6, 6.07) is 1.81. The Bertz CT molecular complexity index is 776. The van der Waals surface area contributed by atoms with Crippen molar-refractivity contribution >= 4 is 51.0 Å². The zero-order valence-corrected chi connectivity index (χ0v) is 15.5. The van der Waals surface area contributed by atoms with E-state index in [1.54, 1.807) is 6.92 Å². The summed E-state index contributed by atoms with van der Waals surface area (Å²) in [4.78, 5) is 23.0. The summed E-state index contributed by atoms with van der Waals surface area (Å²) in [5.41, 5.74) is 2.05. The van der Waals surface area contributed by atoms with Crippen LogP contribution in [-0.2, 0) is 14.3 Å². The minimum atomic E-state index is -0.623. The molecular weight excluding hydrogens is 398 g/mol. The summed E-state index contributed by atoms with van der Waals surface area (Å²) in [6.07, 6.45) is 2.49. The molecule has 1 fully saturated rings. The molecule has 24 heavy (non-hydrogen) atoms. The highest BCUT2D eigenvalue weighted by Crippen LogP contribution is 2.30. The second-order valence-corrected chi connectivity index (χ2v) is 6.69. The van der Waals surface area contributed by atoms with Crippen molar-refractivity contribution in [1.29, 1.82) is 0 Å². The summed E-state index contributed by atoms with van der Waals surface area (Å²) in [7, 11) is 1.23. The average Bonchev–Trinajstić information content (AvgIpc) is 2.88. The maximum atomic E-state index is 11.7. The van der Waals surface area contributed by atoms with E-state index in [-0.39, 0.29) is 15.8 Å². The van der Waals surface area contributed by atoms with E-state index in [1.807, 2.05) is 13.0 Å². The number of halogens is 1. The molecule has 1 aromatic rings. The molecule has 0 aromatic heterocycles. The topological polar surface area (TPSA) is 100 Å². The number of hydrogen-bond acceptors (Lipinski definition) is 7. The predicted octanol–water partition coefficient (Wildman–Crippen LogP) is 2.38. The minimum Gasteiger partial charge on any atom is -0.507 e. The number of nitrogens with zero attached hydrogens (tertiary/aromatic N) is 2. The number of phenolic OH excluding ortho intramolecular Hbond substituents is 1. The van der Waals surface area contributed by atoms with E-state index >= 15 is 0 Å². The molecule has 1 saturated heterocycles. The molecule has 0 bridgehead atoms. The third-order valence-corrected chi connectivity index (χ3v) is 4.89. The molecule has 9 heteroatoms. The first-order valence-electron chi connectivity index (χ1n) is 6.72. The Morgan fingerprint density at radius 3 is 2.83 bits per heavy atom. The standard InChI is InChI=1S/C15H14BrN3O4S/c1-7-4-10(16)8(2)9(13(7)21)6-17-19-15-18-14(22)11(24-15)5-12(20)23-3/h4-6,21H,1-3H3,(H,18,19,22)/b11-5+,17-6?. The van der Waals surface area contributed by atoms with Gasteiger partial charge in [0.25, 0.3) is 5.91 Å². The van der Waals surface area contributed by atoms with Crippen molar-refractivity contribution in [2.45, 2.75) is 13.8 Å². The zero-order chi connectivity index (χ0) is 17.9. The van der Waals surface area contributed by atoms with Crippen LogP contribution in [0.5, 0.6) is 5.75 Å². The number of rotatable bonds is 3. The first-order chi connectivity index (χ1) is 11.3. The third-order valence-electron chi connectivity index (χ3n) is 3.17. The van der Waals surface area contributed by atoms with E-state index in [9.17, 15) is 14.7 Å². The van der Waals surface area contributed by atoms with Crippen LogP contribution in [0, 0.1) is 13.8 Å². The summed E-state index contributed by atoms with van der Waals surface area (Å²) in [5, 5.41) is 20.6. The van der Waals surface area contributed by atoms with Gasteiger partial charge in [0, 0.05) is 16.1 Å². The molecule has 1 aliphatic rings. The lowest BCUT2D eigenvalue weighted by molar-refractivity contribution is -0.135. The molecule has 126 valence electrons. The Balaban J connectivity index is 2.21. The van der Waals surface area contributed by atoms with Crippen LogP contribution >= 0.6 is 27.7 Å². The van der Waals surface area contributed by atoms with Gasteiger partial charge in [-0.3, -0.25) is 10.1 Å². The normalized spacial score (nSPS) is 17.8. The van der Waals surface area contributed by atoms with E-state index in [0.717, 1.165) is 27.9 Å². The maximum absolute atomic E-state index is 11.7. The second kappa shape index (κ2) is 7.63. The van der Waals surface area contributed by atoms with Gasteiger partial charge in [0.15, 0.2) is 5.17 Å². The van der Waals surface area contributed by atoms with Gasteiger partial charge in [-0.1, -0.05) is 15.9 Å². The van der Waals surface area contributed by atoms with E-state index in [1.165, 1.54) is 13.3 Å². The fraction of sp³-hybridized carbons (Fsp3) is 0.200. The summed E-state index contributed by atoms with van der Waals surface area (Å²) >= 11 is 4.39. The highest BCUT2D eigenvalue weighted by atomic mass is 79.9. The van der Waals surface area contributed by atoms with Crippen molar-refractivity contribution in [3.8, 4) is 5.75 Å². The number of methoxy groups -OCH3 is 1. The quantitative estimate of drug-likeness (QED) is 0.344. The van der Waals surface area contributed by atoms with Crippen LogP contribution in [0.25, 0.3) is 0 Å². The van der Waals surface area contributed by atoms with E-state index in [0.29, 0.717) is 11.1 Å². The number of nitrogens with one attached hydrogen (secondary N) is 1. The first kappa shape index (κ1) is 18.2. The highest BCUT2D eigenvalue weighted by Gasteiger charge is 2.25. The number of benzene rings is 1. The Morgan fingerprint density at radius 2 is 2.17 bits per heavy atom. The van der Waals surface area contributed by atoms with Crippen LogP contribution < -0.4 is 5.32 Å². The molecule has 1 amide bonds. The molecule has 0 spiro atoms. The number of aryl methyl sites for hydroxylation is 1. The summed E-state index contributed by atoms with van der Waals surface area (Å²) in [5.74, 6) is -0.951. The molecule has 2 rings (SSSR count). The van der Waals surface area contributed by atoms with Crippen LogP contribution in [0.3, 0.4) is 0 Å². The lowest BCUT2D eigenvalue weighted by atomic mass is 10.0. The third kappa shape index (κ3) is 4.04. The fourth-order valence-corrected chi connectivity index (χ4v) is 3.12. The lowest BCUT2D eigenvalue weighted by Gasteiger charge is -2.08. The number of hydrogen-bond donors (Lipinski definition) is 2. The smallest absolute Gasteiger partial charge is 0.331 e. The molecule has 2 N–H and O–H groups in total. The second-order valence-electron chi connectivity index (χ2n) is 4.80. The molecule has 1 heterocycles. The fourth-order valence-electron chi connectivity index (χ4n) is 1.82. The monoisotopic (exact) mass is 411 g/mol. The molecule has 1 aliphatic heterocycles. The molecule has 0 aliphatic carbocycles. The van der Waals surface area contributed by atoms with Crippen molar-refractivity contribution in [3.05, 3.63) is 38.2 Å². The van der Waals surface area contributed by atoms with Gasteiger partial charge in [-0.15, -0.1) is 5.10 Å². The molecule has 1 aromatic carbocycles. The SMILES string of the molecule is COC(=O)/C=C1/S/C(=N\N=Cc2c(C)c(Br)cc(C)c2O)NC1=O. The van der Waals surface area contributed by atoms with Crippen molar-refractivity contribution in [2.24, 2.45) is 10.2 Å². The van der Waals surface area contributed by atoms with Crippen molar-refractivity contribution in [1.82, 2.24) is 5.32 Å². The largest absolute Gasteiger partial charge is 0.507 e. The van der Waals surface area contributed by atoms with Gasteiger partial charge in [0.05, 0.1) is 18.2 Å². The van der Waals surface area contributed by atoms with Gasteiger partial charge in [-0.05, 0) is 42.8 Å². The number of carbonyl (C=O) groups is 2. The van der Waals surface area contributed by atoms with Crippen LogP contribution in [0.4, 0.5) is 0 Å². The van der Waals surface area contributed by atoms with Crippen LogP contribution in [0.1, 0.15) is 16.7 Å². The zero-order valence-electron chi connectivity index (χ0n) is 13.1. The van der Waals surface area contributed by atoms with Crippen molar-refractivity contribution in [3.63, 3.8) is 0 Å². The van der Waals surface area contributed by atoms with Crippen LogP contribution in [0.15, 0.2) is 31.7 Å². The lowest BCUT2D eigenvalue weighted by Crippen LogP contribution is -2.19. The van der Waals surface area contributed by atoms with E-state index in [4.69, 9.17) is 0 Å². The van der Waals surface area contributed by atoms with Gasteiger partial charge in [-0.2, -0.15) is 5.10 Å². The average molecular weight is 412 g/mol. The van der Waals surface area contributed by atoms with Crippen LogP contribution in [-0.4, -0.2) is 35.5 Å². The number of carbonyl (C=O) groups excluding carboxylic acids is 2. The molecular formula is C15H14BrN3O4S. The van der Waals surface area contributed by atoms with Crippen LogP contribution in [0.2, 0.25) is 0 Å². The Kier molecular flexibility index (Phi) is 5.79. The number of amides is 1. The Hall–Kier alpha value is -2.13.